The summed E-state index contributed by atoms with van der Waals surface area (Å²) in [5.74, 6) is 0.988. The molecule has 8 nitrogen and oxygen atoms in total. The predicted molar refractivity (Wildman–Crippen MR) is 133 cm³/mol. The summed E-state index contributed by atoms with van der Waals surface area (Å²) in [5, 5.41) is 14.8. The lowest BCUT2D eigenvalue weighted by atomic mass is 10.1. The lowest BCUT2D eigenvalue weighted by Crippen LogP contribution is -2.50. The molecule has 6 rings (SSSR count). The number of carbonyl (C=O) groups excluding carboxylic acids is 2. The second-order valence-corrected chi connectivity index (χ2v) is 11.0. The van der Waals surface area contributed by atoms with E-state index >= 15 is 0 Å². The number of likely N-dealkylation sites (tertiary alicyclic amines) is 1. The van der Waals surface area contributed by atoms with Crippen LogP contribution in [0.4, 0.5) is 5.69 Å². The average Bonchev–Trinajstić information content (AvgIpc) is 3.17. The van der Waals surface area contributed by atoms with Crippen LogP contribution in [0.3, 0.4) is 0 Å². The summed E-state index contributed by atoms with van der Waals surface area (Å²) >= 11 is 0. The number of aliphatic hydroxyl groups is 1. The van der Waals surface area contributed by atoms with Crippen molar-refractivity contribution in [3.63, 3.8) is 0 Å². The molecule has 1 aromatic carbocycles. The number of carbonyl (C=O) groups is 2. The molecule has 186 valence electrons. The van der Waals surface area contributed by atoms with E-state index in [1.807, 2.05) is 16.5 Å². The standard InChI is InChI=1S/C27H35N5O3/c1-16-5-4-6-22(18(16)3)29-7-9-30(10-8-29)24(34)15-32-23-13-19-12-21(19)25(23)26(28-32)27(35)31-14-20(33)11-17(31)2/h4-6,17,19-21,33H,7-15H2,1-3H3/t17-,19-,20-,21-/m1/s1. The number of β-amino-alcohol motifs (C(OH)–C–C–N with tert-alkyl or cyclic N) is 1. The summed E-state index contributed by atoms with van der Waals surface area (Å²) in [6.45, 7) is 9.84. The van der Waals surface area contributed by atoms with Crippen molar-refractivity contribution in [2.24, 2.45) is 5.92 Å². The van der Waals surface area contributed by atoms with Crippen molar-refractivity contribution in [3.05, 3.63) is 46.3 Å². The van der Waals surface area contributed by atoms with Crippen molar-refractivity contribution in [1.29, 1.82) is 0 Å². The van der Waals surface area contributed by atoms with Crippen LogP contribution in [0.5, 0.6) is 0 Å². The number of anilines is 1. The van der Waals surface area contributed by atoms with E-state index in [4.69, 9.17) is 5.10 Å². The van der Waals surface area contributed by atoms with Crippen molar-refractivity contribution < 1.29 is 14.7 Å². The van der Waals surface area contributed by atoms with Crippen LogP contribution in [0.2, 0.25) is 0 Å². The third kappa shape index (κ3) is 3.82. The van der Waals surface area contributed by atoms with Crippen LogP contribution in [0.1, 0.15) is 58.6 Å². The largest absolute Gasteiger partial charge is 0.391 e. The van der Waals surface area contributed by atoms with Crippen LogP contribution in [0, 0.1) is 19.8 Å². The smallest absolute Gasteiger partial charge is 0.274 e. The molecule has 1 saturated carbocycles. The van der Waals surface area contributed by atoms with E-state index in [2.05, 4.69) is 36.9 Å². The Bertz CT molecular complexity index is 1180. The first-order valence-corrected chi connectivity index (χ1v) is 13.0. The Balaban J connectivity index is 1.16. The number of benzene rings is 1. The molecule has 4 aliphatic rings. The summed E-state index contributed by atoms with van der Waals surface area (Å²) < 4.78 is 1.81. The Morgan fingerprint density at radius 2 is 1.89 bits per heavy atom. The number of rotatable bonds is 4. The zero-order chi connectivity index (χ0) is 24.4. The van der Waals surface area contributed by atoms with E-state index in [1.54, 1.807) is 4.90 Å². The van der Waals surface area contributed by atoms with Gasteiger partial charge in [0.2, 0.25) is 5.91 Å². The fourth-order valence-corrected chi connectivity index (χ4v) is 6.40. The molecule has 0 spiro atoms. The number of nitrogens with zero attached hydrogens (tertiary/aromatic N) is 5. The van der Waals surface area contributed by atoms with Gasteiger partial charge in [0.25, 0.3) is 5.91 Å². The van der Waals surface area contributed by atoms with E-state index in [1.165, 1.54) is 16.8 Å². The van der Waals surface area contributed by atoms with Crippen LogP contribution in [-0.4, -0.2) is 81.4 Å². The van der Waals surface area contributed by atoms with Gasteiger partial charge in [0.05, 0.1) is 6.10 Å². The molecule has 2 aromatic rings. The van der Waals surface area contributed by atoms with E-state index in [0.29, 0.717) is 43.6 Å². The Morgan fingerprint density at radius 1 is 1.11 bits per heavy atom. The van der Waals surface area contributed by atoms with Gasteiger partial charge in [0.15, 0.2) is 5.69 Å². The normalized spacial score (nSPS) is 27.3. The first-order valence-electron chi connectivity index (χ1n) is 13.0. The van der Waals surface area contributed by atoms with Gasteiger partial charge in [-0.1, -0.05) is 12.1 Å². The third-order valence-corrected chi connectivity index (χ3v) is 8.70. The van der Waals surface area contributed by atoms with Crippen molar-refractivity contribution in [1.82, 2.24) is 19.6 Å². The van der Waals surface area contributed by atoms with Crippen LogP contribution in [0.15, 0.2) is 18.2 Å². The van der Waals surface area contributed by atoms with Crippen LogP contribution in [-0.2, 0) is 17.8 Å². The van der Waals surface area contributed by atoms with Gasteiger partial charge < -0.3 is 19.8 Å². The molecule has 35 heavy (non-hydrogen) atoms. The Labute approximate surface area is 206 Å². The highest BCUT2D eigenvalue weighted by Crippen LogP contribution is 2.57. The lowest BCUT2D eigenvalue weighted by Gasteiger charge is -2.37. The minimum atomic E-state index is -0.471. The highest BCUT2D eigenvalue weighted by molar-refractivity contribution is 5.95. The molecule has 0 radical (unpaired) electrons. The lowest BCUT2D eigenvalue weighted by molar-refractivity contribution is -0.132. The molecular weight excluding hydrogens is 442 g/mol. The Kier molecular flexibility index (Phi) is 5.40. The molecular formula is C27H35N5O3. The molecule has 0 unspecified atom stereocenters. The first kappa shape index (κ1) is 22.6. The molecule has 8 heteroatoms. The molecule has 2 aliphatic heterocycles. The molecule has 1 aromatic heterocycles. The second kappa shape index (κ2) is 8.36. The molecule has 2 aliphatic carbocycles. The van der Waals surface area contributed by atoms with E-state index in [9.17, 15) is 14.7 Å². The maximum atomic E-state index is 13.4. The van der Waals surface area contributed by atoms with Crippen LogP contribution in [0.25, 0.3) is 0 Å². The third-order valence-electron chi connectivity index (χ3n) is 8.70. The van der Waals surface area contributed by atoms with E-state index in [-0.39, 0.29) is 24.4 Å². The summed E-state index contributed by atoms with van der Waals surface area (Å²) in [5.41, 5.74) is 6.50. The highest BCUT2D eigenvalue weighted by Gasteiger charge is 2.51. The average molecular weight is 478 g/mol. The fraction of sp³-hybridized carbons (Fsp3) is 0.593. The number of aryl methyl sites for hydroxylation is 1. The molecule has 2 amide bonds. The number of aliphatic hydroxyl groups excluding tert-OH is 1. The number of piperazine rings is 1. The monoisotopic (exact) mass is 477 g/mol. The molecule has 0 bridgehead atoms. The van der Waals surface area contributed by atoms with Crippen molar-refractivity contribution in [2.75, 3.05) is 37.6 Å². The van der Waals surface area contributed by atoms with E-state index in [0.717, 1.165) is 37.2 Å². The number of hydrogen-bond acceptors (Lipinski definition) is 5. The minimum Gasteiger partial charge on any atom is -0.391 e. The first-order chi connectivity index (χ1) is 16.8. The highest BCUT2D eigenvalue weighted by atomic mass is 16.3. The van der Waals surface area contributed by atoms with E-state index < -0.39 is 6.10 Å². The number of amides is 2. The van der Waals surface area contributed by atoms with Gasteiger partial charge in [-0.05, 0) is 69.1 Å². The molecule has 3 heterocycles. The van der Waals surface area contributed by atoms with Gasteiger partial charge in [0.1, 0.15) is 6.54 Å². The molecule has 4 atom stereocenters. The van der Waals surface area contributed by atoms with Crippen LogP contribution >= 0.6 is 0 Å². The summed E-state index contributed by atoms with van der Waals surface area (Å²) in [6.07, 6.45) is 2.16. The maximum absolute atomic E-state index is 13.4. The van der Waals surface area contributed by atoms with Gasteiger partial charge >= 0.3 is 0 Å². The van der Waals surface area contributed by atoms with Crippen molar-refractivity contribution in [2.45, 2.75) is 64.6 Å². The van der Waals surface area contributed by atoms with Gasteiger partial charge in [-0.2, -0.15) is 5.10 Å². The quantitative estimate of drug-likeness (QED) is 0.730. The second-order valence-electron chi connectivity index (χ2n) is 11.0. The minimum absolute atomic E-state index is 0.00432. The maximum Gasteiger partial charge on any atom is 0.274 e. The van der Waals surface area contributed by atoms with Crippen LogP contribution < -0.4 is 4.90 Å². The Hall–Kier alpha value is -2.87. The van der Waals surface area contributed by atoms with Gasteiger partial charge in [-0.25, -0.2) is 0 Å². The Morgan fingerprint density at radius 3 is 2.60 bits per heavy atom. The van der Waals surface area contributed by atoms with Crippen molar-refractivity contribution >= 4 is 17.5 Å². The molecule has 1 N–H and O–H groups in total. The number of hydrogen-bond donors (Lipinski definition) is 1. The predicted octanol–water partition coefficient (Wildman–Crippen LogP) is 2.10. The summed E-state index contributed by atoms with van der Waals surface area (Å²) in [4.78, 5) is 32.7. The SMILES string of the molecule is Cc1cccc(N2CCN(C(=O)Cn3nc(C(=O)N4C[C@H](O)C[C@H]4C)c4c3C[C@H]3C[C@@H]43)CC2)c1C. The summed E-state index contributed by atoms with van der Waals surface area (Å²) in [7, 11) is 0. The number of fused-ring (bicyclic) bond motifs is 3. The summed E-state index contributed by atoms with van der Waals surface area (Å²) in [6, 6.07) is 6.40. The van der Waals surface area contributed by atoms with Gasteiger partial charge in [-0.3, -0.25) is 14.3 Å². The van der Waals surface area contributed by atoms with Gasteiger partial charge in [0, 0.05) is 55.7 Å². The number of aromatic nitrogens is 2. The molecule has 3 fully saturated rings. The van der Waals surface area contributed by atoms with Crippen molar-refractivity contribution in [3.8, 4) is 0 Å². The molecule has 2 saturated heterocycles. The topological polar surface area (TPSA) is 81.9 Å². The zero-order valence-electron chi connectivity index (χ0n) is 20.9. The van der Waals surface area contributed by atoms with Gasteiger partial charge in [-0.15, -0.1) is 0 Å². The fourth-order valence-electron chi connectivity index (χ4n) is 6.40. The zero-order valence-corrected chi connectivity index (χ0v) is 20.9.